The monoisotopic (exact) mass is 366 g/mol. The summed E-state index contributed by atoms with van der Waals surface area (Å²) >= 11 is 0. The Morgan fingerprint density at radius 2 is 1.92 bits per heavy atom. The maximum absolute atomic E-state index is 12.4. The van der Waals surface area contributed by atoms with Gasteiger partial charge in [-0.2, -0.15) is 5.10 Å². The molecule has 2 amide bonds. The minimum atomic E-state index is -0.541. The smallest absolute Gasteiger partial charge is 0.242 e. The molecular formula is C18H34N6O2. The van der Waals surface area contributed by atoms with Crippen LogP contribution in [0.15, 0.2) is 12.4 Å². The first-order valence-corrected chi connectivity index (χ1v) is 9.36. The van der Waals surface area contributed by atoms with Crippen molar-refractivity contribution in [3.63, 3.8) is 0 Å². The maximum atomic E-state index is 12.4. The number of carbonyl (C=O) groups is 2. The Morgan fingerprint density at radius 1 is 1.23 bits per heavy atom. The van der Waals surface area contributed by atoms with E-state index < -0.39 is 12.1 Å². The molecule has 0 bridgehead atoms. The van der Waals surface area contributed by atoms with Crippen LogP contribution in [0.4, 0.5) is 0 Å². The average Bonchev–Trinajstić information content (AvgIpc) is 3.04. The van der Waals surface area contributed by atoms with Gasteiger partial charge in [-0.15, -0.1) is 0 Å². The van der Waals surface area contributed by atoms with Gasteiger partial charge in [-0.3, -0.25) is 14.3 Å². The summed E-state index contributed by atoms with van der Waals surface area (Å²) in [7, 11) is 0. The Kier molecular flexibility index (Phi) is 9.29. The summed E-state index contributed by atoms with van der Waals surface area (Å²) in [6, 6.07) is -1.10. The van der Waals surface area contributed by atoms with E-state index in [2.05, 4.69) is 21.0 Å². The molecular weight excluding hydrogens is 332 g/mol. The lowest BCUT2D eigenvalue weighted by Gasteiger charge is -2.24. The fourth-order valence-electron chi connectivity index (χ4n) is 2.58. The molecule has 1 rings (SSSR count). The van der Waals surface area contributed by atoms with Crippen molar-refractivity contribution in [2.75, 3.05) is 13.1 Å². The highest BCUT2D eigenvalue weighted by atomic mass is 16.2. The number of aryl methyl sites for hydroxylation is 1. The highest BCUT2D eigenvalue weighted by molar-refractivity contribution is 5.89. The Balaban J connectivity index is 2.45. The SMILES string of the molecule is CCNC(=O)[C@@H](NC(=O)[C@H](C)NCC(N)Cc1cnn(CC)c1)C(C)C. The van der Waals surface area contributed by atoms with E-state index in [1.165, 1.54) is 0 Å². The van der Waals surface area contributed by atoms with Crippen LogP contribution in [0.5, 0.6) is 0 Å². The summed E-state index contributed by atoms with van der Waals surface area (Å²) in [4.78, 5) is 24.4. The van der Waals surface area contributed by atoms with Crippen LogP contribution in [0, 0.1) is 5.92 Å². The molecule has 0 fully saturated rings. The molecule has 1 aromatic rings. The molecule has 0 spiro atoms. The van der Waals surface area contributed by atoms with Crippen molar-refractivity contribution >= 4 is 11.8 Å². The van der Waals surface area contributed by atoms with Crippen LogP contribution < -0.4 is 21.7 Å². The molecule has 0 saturated carbocycles. The third kappa shape index (κ3) is 7.13. The van der Waals surface area contributed by atoms with E-state index in [4.69, 9.17) is 5.73 Å². The number of amides is 2. The zero-order valence-electron chi connectivity index (χ0n) is 16.6. The molecule has 0 saturated heterocycles. The lowest BCUT2D eigenvalue weighted by atomic mass is 10.0. The van der Waals surface area contributed by atoms with Gasteiger partial charge >= 0.3 is 0 Å². The number of nitrogens with one attached hydrogen (secondary N) is 3. The van der Waals surface area contributed by atoms with E-state index >= 15 is 0 Å². The van der Waals surface area contributed by atoms with Gasteiger partial charge < -0.3 is 21.7 Å². The van der Waals surface area contributed by atoms with E-state index in [-0.39, 0.29) is 23.8 Å². The maximum Gasteiger partial charge on any atom is 0.242 e. The Morgan fingerprint density at radius 3 is 2.46 bits per heavy atom. The van der Waals surface area contributed by atoms with Gasteiger partial charge in [0.15, 0.2) is 0 Å². The topological polar surface area (TPSA) is 114 Å². The molecule has 5 N–H and O–H groups in total. The summed E-state index contributed by atoms with van der Waals surface area (Å²) in [5.74, 6) is -0.358. The Bertz CT molecular complexity index is 572. The molecule has 1 unspecified atom stereocenters. The predicted molar refractivity (Wildman–Crippen MR) is 102 cm³/mol. The summed E-state index contributed by atoms with van der Waals surface area (Å²) in [6.07, 6.45) is 4.49. The first-order valence-electron chi connectivity index (χ1n) is 9.36. The summed E-state index contributed by atoms with van der Waals surface area (Å²) in [5.41, 5.74) is 7.22. The second-order valence-corrected chi connectivity index (χ2v) is 6.92. The van der Waals surface area contributed by atoms with Crippen LogP contribution >= 0.6 is 0 Å². The molecule has 0 aliphatic carbocycles. The quantitative estimate of drug-likeness (QED) is 0.441. The lowest BCUT2D eigenvalue weighted by Crippen LogP contribution is -2.55. The van der Waals surface area contributed by atoms with E-state index in [1.54, 1.807) is 6.92 Å². The van der Waals surface area contributed by atoms with E-state index in [0.29, 0.717) is 19.5 Å². The molecule has 8 heteroatoms. The Labute approximate surface area is 156 Å². The molecule has 3 atom stereocenters. The average molecular weight is 367 g/mol. The zero-order chi connectivity index (χ0) is 19.7. The molecule has 1 heterocycles. The third-order valence-corrected chi connectivity index (χ3v) is 4.19. The molecule has 8 nitrogen and oxygen atoms in total. The van der Waals surface area contributed by atoms with Gasteiger partial charge in [0, 0.05) is 31.9 Å². The van der Waals surface area contributed by atoms with Crippen molar-refractivity contribution in [1.29, 1.82) is 0 Å². The summed E-state index contributed by atoms with van der Waals surface area (Å²) in [6.45, 7) is 11.3. The number of rotatable bonds is 11. The number of hydrogen-bond acceptors (Lipinski definition) is 5. The second kappa shape index (κ2) is 10.9. The highest BCUT2D eigenvalue weighted by Gasteiger charge is 2.25. The normalized spacial score (nSPS) is 14.7. The van der Waals surface area contributed by atoms with Crippen molar-refractivity contribution < 1.29 is 9.59 Å². The van der Waals surface area contributed by atoms with Gasteiger partial charge in [-0.1, -0.05) is 13.8 Å². The van der Waals surface area contributed by atoms with E-state index in [0.717, 1.165) is 12.1 Å². The van der Waals surface area contributed by atoms with Crippen molar-refractivity contribution in [2.24, 2.45) is 11.7 Å². The molecule has 26 heavy (non-hydrogen) atoms. The largest absolute Gasteiger partial charge is 0.355 e. The number of nitrogens with two attached hydrogens (primary N) is 1. The van der Waals surface area contributed by atoms with Crippen LogP contribution in [-0.4, -0.2) is 52.8 Å². The number of carbonyl (C=O) groups excluding carboxylic acids is 2. The molecule has 1 aromatic heterocycles. The van der Waals surface area contributed by atoms with Gasteiger partial charge in [-0.05, 0) is 38.7 Å². The van der Waals surface area contributed by atoms with Gasteiger partial charge in [0.05, 0.1) is 12.2 Å². The van der Waals surface area contributed by atoms with Crippen LogP contribution in [0.1, 0.15) is 40.2 Å². The third-order valence-electron chi connectivity index (χ3n) is 4.19. The fraction of sp³-hybridized carbons (Fsp3) is 0.722. The highest BCUT2D eigenvalue weighted by Crippen LogP contribution is 2.03. The molecule has 0 aliphatic rings. The zero-order valence-corrected chi connectivity index (χ0v) is 16.6. The minimum absolute atomic E-state index is 0.00931. The fourth-order valence-corrected chi connectivity index (χ4v) is 2.58. The van der Waals surface area contributed by atoms with Gasteiger partial charge in [-0.25, -0.2) is 0 Å². The Hall–Kier alpha value is -1.93. The van der Waals surface area contributed by atoms with Crippen molar-refractivity contribution in [2.45, 2.75) is 65.7 Å². The predicted octanol–water partition coefficient (Wildman–Crippen LogP) is 0.0278. The first-order chi connectivity index (χ1) is 12.3. The number of nitrogens with zero attached hydrogens (tertiary/aromatic N) is 2. The van der Waals surface area contributed by atoms with Crippen molar-refractivity contribution in [1.82, 2.24) is 25.7 Å². The molecule has 0 aliphatic heterocycles. The van der Waals surface area contributed by atoms with Crippen LogP contribution in [-0.2, 0) is 22.6 Å². The van der Waals surface area contributed by atoms with Crippen LogP contribution in [0.2, 0.25) is 0 Å². The second-order valence-electron chi connectivity index (χ2n) is 6.92. The number of aromatic nitrogens is 2. The first kappa shape index (κ1) is 22.1. The van der Waals surface area contributed by atoms with Gasteiger partial charge in [0.2, 0.25) is 11.8 Å². The van der Waals surface area contributed by atoms with Crippen LogP contribution in [0.25, 0.3) is 0 Å². The van der Waals surface area contributed by atoms with Crippen molar-refractivity contribution in [3.05, 3.63) is 18.0 Å². The molecule has 0 aromatic carbocycles. The molecule has 0 radical (unpaired) electrons. The lowest BCUT2D eigenvalue weighted by molar-refractivity contribution is -0.130. The standard InChI is InChI=1S/C18H34N6O2/c1-6-20-18(26)16(12(3)4)23-17(25)13(5)21-10-15(19)8-14-9-22-24(7-2)11-14/h9,11-13,15-16,21H,6-8,10,19H2,1-5H3,(H,20,26)(H,23,25)/t13-,15?,16-/m0/s1. The van der Waals surface area contributed by atoms with Gasteiger partial charge in [0.25, 0.3) is 0 Å². The molecule has 148 valence electrons. The van der Waals surface area contributed by atoms with E-state index in [9.17, 15) is 9.59 Å². The number of likely N-dealkylation sites (N-methyl/N-ethyl adjacent to an activating group) is 1. The number of hydrogen-bond donors (Lipinski definition) is 4. The summed E-state index contributed by atoms with van der Waals surface area (Å²) in [5, 5.41) is 12.9. The summed E-state index contributed by atoms with van der Waals surface area (Å²) < 4.78 is 1.86. The van der Waals surface area contributed by atoms with Gasteiger partial charge in [0.1, 0.15) is 6.04 Å². The minimum Gasteiger partial charge on any atom is -0.355 e. The van der Waals surface area contributed by atoms with Crippen LogP contribution in [0.3, 0.4) is 0 Å². The van der Waals surface area contributed by atoms with Crippen molar-refractivity contribution in [3.8, 4) is 0 Å². The van der Waals surface area contributed by atoms with E-state index in [1.807, 2.05) is 44.8 Å².